The van der Waals surface area contributed by atoms with E-state index in [9.17, 15) is 14.7 Å². The van der Waals surface area contributed by atoms with E-state index in [-0.39, 0.29) is 17.9 Å². The number of carboxylic acid groups (broad SMARTS) is 1. The molecule has 0 aliphatic heterocycles. The van der Waals surface area contributed by atoms with Crippen molar-refractivity contribution in [1.82, 2.24) is 5.32 Å². The first-order chi connectivity index (χ1) is 10.0. The van der Waals surface area contributed by atoms with Crippen LogP contribution in [0.1, 0.15) is 38.0 Å². The topological polar surface area (TPSA) is 66.4 Å². The zero-order valence-corrected chi connectivity index (χ0v) is 13.4. The molecule has 2 rings (SSSR count). The third-order valence-electron chi connectivity index (χ3n) is 4.37. The molecule has 0 bridgehead atoms. The second-order valence-electron chi connectivity index (χ2n) is 5.99. The minimum Gasteiger partial charge on any atom is -0.481 e. The van der Waals surface area contributed by atoms with Crippen LogP contribution in [0.5, 0.6) is 0 Å². The Labute approximate surface area is 129 Å². The molecule has 116 valence electrons. The molecule has 1 saturated carbocycles. The predicted octanol–water partition coefficient (Wildman–Crippen LogP) is 2.93. The number of carbonyl (C=O) groups is 2. The molecule has 0 aromatic carbocycles. The lowest BCUT2D eigenvalue weighted by Gasteiger charge is -2.19. The summed E-state index contributed by atoms with van der Waals surface area (Å²) in [6.07, 6.45) is 3.07. The second kappa shape index (κ2) is 7.07. The maximum Gasteiger partial charge on any atom is 0.307 e. The lowest BCUT2D eigenvalue weighted by molar-refractivity contribution is -0.146. The Balaban J connectivity index is 1.93. The fraction of sp³-hybridized carbons (Fsp3) is 0.625. The van der Waals surface area contributed by atoms with E-state index < -0.39 is 11.9 Å². The van der Waals surface area contributed by atoms with Gasteiger partial charge in [0.25, 0.3) is 0 Å². The molecule has 1 aromatic heterocycles. The van der Waals surface area contributed by atoms with Crippen LogP contribution in [0.3, 0.4) is 0 Å². The second-order valence-corrected chi connectivity index (χ2v) is 7.02. The highest BCUT2D eigenvalue weighted by Crippen LogP contribution is 2.38. The number of carbonyl (C=O) groups excluding carboxylic acids is 1. The molecule has 1 aromatic rings. The van der Waals surface area contributed by atoms with Crippen LogP contribution >= 0.6 is 11.3 Å². The van der Waals surface area contributed by atoms with E-state index in [4.69, 9.17) is 0 Å². The van der Waals surface area contributed by atoms with Gasteiger partial charge in [0.2, 0.25) is 5.91 Å². The molecule has 0 radical (unpaired) electrons. The summed E-state index contributed by atoms with van der Waals surface area (Å²) in [7, 11) is 0. The normalized spacial score (nSPS) is 26.5. The zero-order valence-electron chi connectivity index (χ0n) is 12.5. The van der Waals surface area contributed by atoms with E-state index in [0.717, 1.165) is 12.8 Å². The molecule has 1 aliphatic rings. The highest BCUT2D eigenvalue weighted by molar-refractivity contribution is 7.09. The zero-order chi connectivity index (χ0) is 15.4. The van der Waals surface area contributed by atoms with Crippen molar-refractivity contribution >= 4 is 23.2 Å². The van der Waals surface area contributed by atoms with Crippen molar-refractivity contribution in [3.8, 4) is 0 Å². The van der Waals surface area contributed by atoms with Gasteiger partial charge in [0.1, 0.15) is 0 Å². The fourth-order valence-electron chi connectivity index (χ4n) is 3.17. The molecule has 0 saturated heterocycles. The average molecular weight is 309 g/mol. The van der Waals surface area contributed by atoms with Crippen LogP contribution in [0, 0.1) is 17.8 Å². The number of carboxylic acids is 1. The summed E-state index contributed by atoms with van der Waals surface area (Å²) in [6, 6.07) is 4.08. The molecular formula is C16H23NO3S. The predicted molar refractivity (Wildman–Crippen MR) is 83.3 cm³/mol. The van der Waals surface area contributed by atoms with Gasteiger partial charge in [-0.15, -0.1) is 11.3 Å². The average Bonchev–Trinajstić information content (AvgIpc) is 3.06. The number of hydrogen-bond donors (Lipinski definition) is 2. The van der Waals surface area contributed by atoms with E-state index in [0.29, 0.717) is 18.8 Å². The van der Waals surface area contributed by atoms with E-state index >= 15 is 0 Å². The number of hydrogen-bond acceptors (Lipinski definition) is 3. The largest absolute Gasteiger partial charge is 0.481 e. The van der Waals surface area contributed by atoms with Crippen LogP contribution < -0.4 is 5.32 Å². The monoisotopic (exact) mass is 309 g/mol. The van der Waals surface area contributed by atoms with Crippen molar-refractivity contribution in [2.45, 2.75) is 45.6 Å². The Morgan fingerprint density at radius 3 is 2.71 bits per heavy atom. The van der Waals surface area contributed by atoms with Crippen LogP contribution in [0.15, 0.2) is 17.5 Å². The molecule has 1 fully saturated rings. The van der Waals surface area contributed by atoms with E-state index in [1.165, 1.54) is 4.88 Å². The molecule has 4 unspecified atom stereocenters. The summed E-state index contributed by atoms with van der Waals surface area (Å²) in [5.74, 6) is -1.48. The van der Waals surface area contributed by atoms with Crippen LogP contribution in [0.4, 0.5) is 0 Å². The Morgan fingerprint density at radius 2 is 2.14 bits per heavy atom. The van der Waals surface area contributed by atoms with Gasteiger partial charge in [-0.1, -0.05) is 19.4 Å². The highest BCUT2D eigenvalue weighted by Gasteiger charge is 2.42. The number of amides is 1. The van der Waals surface area contributed by atoms with E-state index in [1.807, 2.05) is 18.4 Å². The lowest BCUT2D eigenvalue weighted by Crippen LogP contribution is -2.40. The molecule has 2 N–H and O–H groups in total. The Morgan fingerprint density at radius 1 is 1.43 bits per heavy atom. The Hall–Kier alpha value is -1.36. The quantitative estimate of drug-likeness (QED) is 0.849. The van der Waals surface area contributed by atoms with Gasteiger partial charge in [-0.2, -0.15) is 0 Å². The van der Waals surface area contributed by atoms with Gasteiger partial charge < -0.3 is 10.4 Å². The number of aliphatic carboxylic acids is 1. The minimum absolute atomic E-state index is 0.0336. The van der Waals surface area contributed by atoms with Crippen molar-refractivity contribution in [3.05, 3.63) is 22.4 Å². The first-order valence-electron chi connectivity index (χ1n) is 7.56. The summed E-state index contributed by atoms with van der Waals surface area (Å²) < 4.78 is 0. The van der Waals surface area contributed by atoms with Crippen molar-refractivity contribution in [2.24, 2.45) is 17.8 Å². The summed E-state index contributed by atoms with van der Waals surface area (Å²) in [4.78, 5) is 25.0. The third-order valence-corrected chi connectivity index (χ3v) is 5.27. The third kappa shape index (κ3) is 4.06. The lowest BCUT2D eigenvalue weighted by atomic mass is 9.95. The number of nitrogens with one attached hydrogen (secondary N) is 1. The molecule has 0 spiro atoms. The highest BCUT2D eigenvalue weighted by atomic mass is 32.1. The molecule has 4 atom stereocenters. The fourth-order valence-corrected chi connectivity index (χ4v) is 4.01. The summed E-state index contributed by atoms with van der Waals surface area (Å²) in [5.41, 5.74) is 0. The van der Waals surface area contributed by atoms with Gasteiger partial charge in [-0.25, -0.2) is 0 Å². The summed E-state index contributed by atoms with van der Waals surface area (Å²) in [5, 5.41) is 14.3. The molecule has 1 aliphatic carbocycles. The molecule has 21 heavy (non-hydrogen) atoms. The number of rotatable bonds is 6. The first-order valence-corrected chi connectivity index (χ1v) is 8.44. The summed E-state index contributed by atoms with van der Waals surface area (Å²) >= 11 is 1.67. The van der Waals surface area contributed by atoms with Gasteiger partial charge in [0.15, 0.2) is 0 Å². The molecule has 4 nitrogen and oxygen atoms in total. The van der Waals surface area contributed by atoms with E-state index in [1.54, 1.807) is 11.3 Å². The summed E-state index contributed by atoms with van der Waals surface area (Å²) in [6.45, 7) is 4.03. The van der Waals surface area contributed by atoms with Crippen molar-refractivity contribution in [1.29, 1.82) is 0 Å². The van der Waals surface area contributed by atoms with Crippen molar-refractivity contribution in [2.75, 3.05) is 0 Å². The number of thiophene rings is 1. The maximum absolute atomic E-state index is 12.4. The molecular weight excluding hydrogens is 286 g/mol. The first kappa shape index (κ1) is 16.0. The van der Waals surface area contributed by atoms with Gasteiger partial charge in [-0.05, 0) is 37.1 Å². The molecule has 1 heterocycles. The van der Waals surface area contributed by atoms with Crippen LogP contribution in [0.2, 0.25) is 0 Å². The molecule has 5 heteroatoms. The van der Waals surface area contributed by atoms with Gasteiger partial charge in [-0.3, -0.25) is 9.59 Å². The van der Waals surface area contributed by atoms with Crippen LogP contribution in [0.25, 0.3) is 0 Å². The van der Waals surface area contributed by atoms with Crippen molar-refractivity contribution < 1.29 is 14.7 Å². The Kier molecular flexibility index (Phi) is 5.39. The van der Waals surface area contributed by atoms with E-state index in [2.05, 4.69) is 18.3 Å². The van der Waals surface area contributed by atoms with Gasteiger partial charge in [0.05, 0.1) is 11.8 Å². The van der Waals surface area contributed by atoms with Gasteiger partial charge >= 0.3 is 5.97 Å². The standard InChI is InChI=1S/C16H23NO3S/c1-3-11-8-13(14(9-11)16(19)20)15(18)17-10(2)7-12-5-4-6-21-12/h4-6,10-11,13-14H,3,7-9H2,1-2H3,(H,17,18)(H,19,20). The van der Waals surface area contributed by atoms with Crippen LogP contribution in [-0.2, 0) is 16.0 Å². The van der Waals surface area contributed by atoms with Gasteiger partial charge in [0, 0.05) is 17.3 Å². The SMILES string of the molecule is CCC1CC(C(=O)O)C(C(=O)NC(C)Cc2cccs2)C1. The van der Waals surface area contributed by atoms with Crippen LogP contribution in [-0.4, -0.2) is 23.0 Å². The minimum atomic E-state index is -0.836. The smallest absolute Gasteiger partial charge is 0.307 e. The van der Waals surface area contributed by atoms with Crippen molar-refractivity contribution in [3.63, 3.8) is 0 Å². The molecule has 1 amide bonds. The Bertz CT molecular complexity index is 486. The maximum atomic E-state index is 12.4.